The molecular weight excluding hydrogens is 234 g/mol. The Morgan fingerprint density at radius 3 is 2.41 bits per heavy atom. The monoisotopic (exact) mass is 253 g/mol. The Hall–Kier alpha value is -0.870. The van der Waals surface area contributed by atoms with E-state index in [1.807, 2.05) is 12.1 Å². The number of rotatable bonds is 3. The summed E-state index contributed by atoms with van der Waals surface area (Å²) in [6, 6.07) is 7.82. The summed E-state index contributed by atoms with van der Waals surface area (Å²) in [5.41, 5.74) is 1.23. The van der Waals surface area contributed by atoms with Crippen molar-refractivity contribution in [3.8, 4) is 5.75 Å². The predicted octanol–water partition coefficient (Wildman–Crippen LogP) is 1.91. The molecule has 1 heterocycles. The quantitative estimate of drug-likeness (QED) is 0.894. The Bertz CT molecular complexity index is 381. The van der Waals surface area contributed by atoms with E-state index in [1.54, 1.807) is 12.1 Å². The van der Waals surface area contributed by atoms with Crippen molar-refractivity contribution in [2.75, 3.05) is 24.6 Å². The highest BCUT2D eigenvalue weighted by molar-refractivity contribution is 7.85. The van der Waals surface area contributed by atoms with Crippen LogP contribution in [0.2, 0.25) is 0 Å². The van der Waals surface area contributed by atoms with Gasteiger partial charge in [0.15, 0.2) is 0 Å². The molecule has 1 aromatic rings. The molecule has 2 rings (SSSR count). The number of hydrogen-bond acceptors (Lipinski definition) is 3. The molecule has 1 N–H and O–H groups in total. The number of benzene rings is 1. The first-order valence-corrected chi connectivity index (χ1v) is 7.57. The van der Waals surface area contributed by atoms with Crippen LogP contribution in [0, 0.1) is 0 Å². The summed E-state index contributed by atoms with van der Waals surface area (Å²) in [7, 11) is -0.621. The molecule has 0 saturated carbocycles. The second-order valence-corrected chi connectivity index (χ2v) is 6.10. The molecule has 3 nitrogen and oxygen atoms in total. The van der Waals surface area contributed by atoms with E-state index >= 15 is 0 Å². The number of aromatic hydroxyl groups is 1. The zero-order chi connectivity index (χ0) is 12.3. The fourth-order valence-electron chi connectivity index (χ4n) is 2.36. The van der Waals surface area contributed by atoms with E-state index in [2.05, 4.69) is 11.8 Å². The van der Waals surface area contributed by atoms with Gasteiger partial charge in [-0.2, -0.15) is 0 Å². The molecule has 1 atom stereocenters. The van der Waals surface area contributed by atoms with Gasteiger partial charge in [0, 0.05) is 41.4 Å². The third-order valence-electron chi connectivity index (χ3n) is 3.32. The van der Waals surface area contributed by atoms with Crippen LogP contribution >= 0.6 is 0 Å². The van der Waals surface area contributed by atoms with E-state index in [0.29, 0.717) is 11.8 Å². The topological polar surface area (TPSA) is 40.5 Å². The van der Waals surface area contributed by atoms with Gasteiger partial charge in [0.1, 0.15) is 5.75 Å². The van der Waals surface area contributed by atoms with Crippen molar-refractivity contribution in [2.24, 2.45) is 0 Å². The van der Waals surface area contributed by atoms with Crippen LogP contribution in [0.4, 0.5) is 0 Å². The molecular formula is C13H19NO2S. The van der Waals surface area contributed by atoms with E-state index in [4.69, 9.17) is 0 Å². The summed E-state index contributed by atoms with van der Waals surface area (Å²) in [6.07, 6.45) is 1.04. The molecule has 4 heteroatoms. The summed E-state index contributed by atoms with van der Waals surface area (Å²) in [5, 5.41) is 9.30. The number of phenols is 1. The summed E-state index contributed by atoms with van der Waals surface area (Å²) in [6.45, 7) is 3.99. The fraction of sp³-hybridized carbons (Fsp3) is 0.538. The van der Waals surface area contributed by atoms with Gasteiger partial charge in [0.2, 0.25) is 0 Å². The van der Waals surface area contributed by atoms with Crippen LogP contribution in [0.15, 0.2) is 24.3 Å². The average Bonchev–Trinajstić information content (AvgIpc) is 2.35. The van der Waals surface area contributed by atoms with Crippen LogP contribution in [-0.4, -0.2) is 38.8 Å². The van der Waals surface area contributed by atoms with Crippen molar-refractivity contribution in [2.45, 2.75) is 19.4 Å². The Balaban J connectivity index is 2.10. The van der Waals surface area contributed by atoms with Crippen molar-refractivity contribution < 1.29 is 9.32 Å². The lowest BCUT2D eigenvalue weighted by Crippen LogP contribution is -2.40. The molecule has 1 aliphatic heterocycles. The highest BCUT2D eigenvalue weighted by atomic mass is 32.2. The van der Waals surface area contributed by atoms with Gasteiger partial charge in [-0.1, -0.05) is 19.1 Å². The second kappa shape index (κ2) is 5.65. The standard InChI is InChI=1S/C13H19NO2S/c1-2-13(11-3-5-12(15)6-4-11)14-7-9-17(16)10-8-14/h3-6,13,15H,2,7-10H2,1H3. The van der Waals surface area contributed by atoms with Gasteiger partial charge in [0.05, 0.1) is 0 Å². The van der Waals surface area contributed by atoms with Gasteiger partial charge in [-0.25, -0.2) is 0 Å². The normalized spacial score (nSPS) is 20.3. The first-order chi connectivity index (χ1) is 8.20. The van der Waals surface area contributed by atoms with Gasteiger partial charge in [-0.05, 0) is 24.1 Å². The van der Waals surface area contributed by atoms with E-state index in [1.165, 1.54) is 5.56 Å². The lowest BCUT2D eigenvalue weighted by atomic mass is 10.0. The molecule has 1 aromatic carbocycles. The van der Waals surface area contributed by atoms with Crippen LogP contribution in [0.25, 0.3) is 0 Å². The van der Waals surface area contributed by atoms with Crippen molar-refractivity contribution >= 4 is 10.8 Å². The summed E-state index contributed by atoms with van der Waals surface area (Å²) >= 11 is 0. The number of hydrogen-bond donors (Lipinski definition) is 1. The minimum Gasteiger partial charge on any atom is -0.508 e. The van der Waals surface area contributed by atoms with Crippen LogP contribution in [0.1, 0.15) is 24.9 Å². The van der Waals surface area contributed by atoms with Crippen molar-refractivity contribution in [3.63, 3.8) is 0 Å². The molecule has 94 valence electrons. The first-order valence-electron chi connectivity index (χ1n) is 6.08. The molecule has 17 heavy (non-hydrogen) atoms. The Kier molecular flexibility index (Phi) is 4.18. The van der Waals surface area contributed by atoms with Crippen LogP contribution in [-0.2, 0) is 10.8 Å². The predicted molar refractivity (Wildman–Crippen MR) is 70.6 cm³/mol. The van der Waals surface area contributed by atoms with Crippen LogP contribution in [0.5, 0.6) is 5.75 Å². The molecule has 0 aliphatic carbocycles. The van der Waals surface area contributed by atoms with Gasteiger partial charge in [-0.15, -0.1) is 0 Å². The minimum absolute atomic E-state index is 0.309. The Morgan fingerprint density at radius 2 is 1.88 bits per heavy atom. The molecule has 0 bridgehead atoms. The Labute approximate surface area is 105 Å². The molecule has 1 fully saturated rings. The number of nitrogens with zero attached hydrogens (tertiary/aromatic N) is 1. The molecule has 0 aromatic heterocycles. The van der Waals surface area contributed by atoms with Crippen molar-refractivity contribution in [1.29, 1.82) is 0 Å². The van der Waals surface area contributed by atoms with E-state index in [9.17, 15) is 9.32 Å². The van der Waals surface area contributed by atoms with Crippen molar-refractivity contribution in [3.05, 3.63) is 29.8 Å². The zero-order valence-electron chi connectivity index (χ0n) is 10.1. The van der Waals surface area contributed by atoms with Crippen LogP contribution in [0.3, 0.4) is 0 Å². The third kappa shape index (κ3) is 3.07. The minimum atomic E-state index is -0.621. The maximum atomic E-state index is 11.4. The largest absolute Gasteiger partial charge is 0.508 e. The van der Waals surface area contributed by atoms with Crippen molar-refractivity contribution in [1.82, 2.24) is 4.90 Å². The zero-order valence-corrected chi connectivity index (χ0v) is 10.9. The summed E-state index contributed by atoms with van der Waals surface area (Å²) in [4.78, 5) is 2.40. The SMILES string of the molecule is CCC(c1ccc(O)cc1)N1CCS(=O)CC1. The van der Waals surface area contributed by atoms with E-state index in [-0.39, 0.29) is 0 Å². The second-order valence-electron chi connectivity index (χ2n) is 4.40. The van der Waals surface area contributed by atoms with Crippen LogP contribution < -0.4 is 0 Å². The molecule has 1 saturated heterocycles. The van der Waals surface area contributed by atoms with Gasteiger partial charge in [0.25, 0.3) is 0 Å². The van der Waals surface area contributed by atoms with E-state index < -0.39 is 10.8 Å². The Morgan fingerprint density at radius 1 is 1.29 bits per heavy atom. The molecule has 0 amide bonds. The average molecular weight is 253 g/mol. The molecule has 0 spiro atoms. The lowest BCUT2D eigenvalue weighted by Gasteiger charge is -2.34. The smallest absolute Gasteiger partial charge is 0.115 e. The third-order valence-corrected chi connectivity index (χ3v) is 4.59. The first kappa shape index (κ1) is 12.6. The van der Waals surface area contributed by atoms with Gasteiger partial charge < -0.3 is 5.11 Å². The van der Waals surface area contributed by atoms with Gasteiger partial charge in [-0.3, -0.25) is 9.11 Å². The molecule has 1 unspecified atom stereocenters. The summed E-state index contributed by atoms with van der Waals surface area (Å²) < 4.78 is 11.4. The maximum Gasteiger partial charge on any atom is 0.115 e. The van der Waals surface area contributed by atoms with Gasteiger partial charge >= 0.3 is 0 Å². The highest BCUT2D eigenvalue weighted by Gasteiger charge is 2.22. The highest BCUT2D eigenvalue weighted by Crippen LogP contribution is 2.26. The summed E-state index contributed by atoms with van der Waals surface area (Å²) in [5.74, 6) is 1.88. The van der Waals surface area contributed by atoms with E-state index in [0.717, 1.165) is 31.0 Å². The fourth-order valence-corrected chi connectivity index (χ4v) is 3.45. The number of phenolic OH excluding ortho intramolecular Hbond substituents is 1. The lowest BCUT2D eigenvalue weighted by molar-refractivity contribution is 0.210. The molecule has 1 aliphatic rings. The maximum absolute atomic E-state index is 11.4. The molecule has 0 radical (unpaired) electrons.